The SMILES string of the molecule is Cc1ccc(Nc2nc(C)nc(N3CC=CCC3)n2)cc1. The van der Waals surface area contributed by atoms with E-state index in [1.165, 1.54) is 5.56 Å². The Morgan fingerprint density at radius 3 is 2.52 bits per heavy atom. The van der Waals surface area contributed by atoms with Crippen LogP contribution in [0.3, 0.4) is 0 Å². The minimum Gasteiger partial charge on any atom is -0.337 e. The second-order valence-corrected chi connectivity index (χ2v) is 5.20. The predicted molar refractivity (Wildman–Crippen MR) is 85.0 cm³/mol. The van der Waals surface area contributed by atoms with Gasteiger partial charge in [-0.2, -0.15) is 15.0 Å². The normalized spacial score (nSPS) is 14.3. The molecule has 0 fully saturated rings. The van der Waals surface area contributed by atoms with Crippen LogP contribution < -0.4 is 10.2 Å². The van der Waals surface area contributed by atoms with E-state index in [0.29, 0.717) is 5.95 Å². The standard InChI is InChI=1S/C16H19N5/c1-12-6-8-14(9-7-12)19-15-17-13(2)18-16(20-15)21-10-4-3-5-11-21/h3-4,6-9H,5,10-11H2,1-2H3,(H,17,18,19,20). The molecule has 0 bridgehead atoms. The summed E-state index contributed by atoms with van der Waals surface area (Å²) >= 11 is 0. The van der Waals surface area contributed by atoms with Gasteiger partial charge >= 0.3 is 0 Å². The third kappa shape index (κ3) is 3.37. The molecule has 1 aliphatic rings. The zero-order valence-electron chi connectivity index (χ0n) is 12.4. The fraction of sp³-hybridized carbons (Fsp3) is 0.312. The molecule has 0 amide bonds. The van der Waals surface area contributed by atoms with E-state index in [0.717, 1.165) is 37.0 Å². The fourth-order valence-corrected chi connectivity index (χ4v) is 2.25. The maximum Gasteiger partial charge on any atom is 0.232 e. The fourth-order valence-electron chi connectivity index (χ4n) is 2.25. The Hall–Kier alpha value is -2.43. The Kier molecular flexibility index (Phi) is 3.81. The van der Waals surface area contributed by atoms with Crippen LogP contribution in [0.1, 0.15) is 17.8 Å². The number of nitrogens with one attached hydrogen (secondary N) is 1. The van der Waals surface area contributed by atoms with Crippen LogP contribution in [0.15, 0.2) is 36.4 Å². The highest BCUT2D eigenvalue weighted by Gasteiger charge is 2.12. The van der Waals surface area contributed by atoms with Gasteiger partial charge in [0.15, 0.2) is 0 Å². The van der Waals surface area contributed by atoms with Gasteiger partial charge in [0.2, 0.25) is 11.9 Å². The second kappa shape index (κ2) is 5.91. The minimum absolute atomic E-state index is 0.593. The monoisotopic (exact) mass is 281 g/mol. The van der Waals surface area contributed by atoms with Crippen molar-refractivity contribution in [2.45, 2.75) is 20.3 Å². The van der Waals surface area contributed by atoms with E-state index in [4.69, 9.17) is 0 Å². The molecule has 0 saturated heterocycles. The predicted octanol–water partition coefficient (Wildman–Crippen LogP) is 3.00. The van der Waals surface area contributed by atoms with Gasteiger partial charge in [0.05, 0.1) is 0 Å². The van der Waals surface area contributed by atoms with Crippen LogP contribution >= 0.6 is 0 Å². The largest absolute Gasteiger partial charge is 0.337 e. The highest BCUT2D eigenvalue weighted by molar-refractivity contribution is 5.54. The molecule has 1 aromatic carbocycles. The lowest BCUT2D eigenvalue weighted by Gasteiger charge is -2.23. The van der Waals surface area contributed by atoms with Crippen molar-refractivity contribution >= 4 is 17.6 Å². The van der Waals surface area contributed by atoms with Crippen LogP contribution in [-0.4, -0.2) is 28.0 Å². The number of hydrogen-bond acceptors (Lipinski definition) is 5. The van der Waals surface area contributed by atoms with Gasteiger partial charge in [-0.3, -0.25) is 0 Å². The molecule has 108 valence electrons. The Bertz CT molecular complexity index is 648. The Morgan fingerprint density at radius 2 is 1.81 bits per heavy atom. The van der Waals surface area contributed by atoms with Crippen molar-refractivity contribution in [3.05, 3.63) is 47.8 Å². The van der Waals surface area contributed by atoms with Crippen molar-refractivity contribution in [2.75, 3.05) is 23.3 Å². The summed E-state index contributed by atoms with van der Waals surface area (Å²) in [7, 11) is 0. The molecular weight excluding hydrogens is 262 g/mol. The molecule has 3 rings (SSSR count). The van der Waals surface area contributed by atoms with E-state index in [1.54, 1.807) is 0 Å². The minimum atomic E-state index is 0.593. The van der Waals surface area contributed by atoms with E-state index >= 15 is 0 Å². The zero-order valence-corrected chi connectivity index (χ0v) is 12.4. The summed E-state index contributed by atoms with van der Waals surface area (Å²) in [4.78, 5) is 15.5. The van der Waals surface area contributed by atoms with Crippen molar-refractivity contribution in [3.8, 4) is 0 Å². The molecule has 5 nitrogen and oxygen atoms in total. The molecular formula is C16H19N5. The molecule has 0 aliphatic carbocycles. The summed E-state index contributed by atoms with van der Waals surface area (Å²) in [6.45, 7) is 5.77. The average Bonchev–Trinajstić information content (AvgIpc) is 2.50. The topological polar surface area (TPSA) is 53.9 Å². The molecule has 21 heavy (non-hydrogen) atoms. The molecule has 5 heteroatoms. The van der Waals surface area contributed by atoms with Crippen LogP contribution in [0, 0.1) is 13.8 Å². The van der Waals surface area contributed by atoms with Crippen LogP contribution in [0.25, 0.3) is 0 Å². The summed E-state index contributed by atoms with van der Waals surface area (Å²) < 4.78 is 0. The van der Waals surface area contributed by atoms with Crippen LogP contribution in [0.5, 0.6) is 0 Å². The molecule has 0 unspecified atom stereocenters. The zero-order chi connectivity index (χ0) is 14.7. The highest BCUT2D eigenvalue weighted by Crippen LogP contribution is 2.17. The van der Waals surface area contributed by atoms with Crippen LogP contribution in [0.4, 0.5) is 17.6 Å². The molecule has 0 atom stereocenters. The van der Waals surface area contributed by atoms with Crippen molar-refractivity contribution in [3.63, 3.8) is 0 Å². The number of aryl methyl sites for hydroxylation is 2. The summed E-state index contributed by atoms with van der Waals surface area (Å²) in [6.07, 6.45) is 5.37. The molecule has 0 spiro atoms. The quantitative estimate of drug-likeness (QED) is 0.876. The summed E-state index contributed by atoms with van der Waals surface area (Å²) in [6, 6.07) is 8.18. The van der Waals surface area contributed by atoms with Gasteiger partial charge in [0.25, 0.3) is 0 Å². The molecule has 0 radical (unpaired) electrons. The first kappa shape index (κ1) is 13.5. The first-order valence-corrected chi connectivity index (χ1v) is 7.17. The maximum absolute atomic E-state index is 4.53. The van der Waals surface area contributed by atoms with Gasteiger partial charge in [0.1, 0.15) is 5.82 Å². The summed E-state index contributed by atoms with van der Waals surface area (Å²) in [5, 5.41) is 3.24. The van der Waals surface area contributed by atoms with Crippen molar-refractivity contribution in [2.24, 2.45) is 0 Å². The van der Waals surface area contributed by atoms with E-state index in [1.807, 2.05) is 19.1 Å². The van der Waals surface area contributed by atoms with E-state index in [2.05, 4.69) is 56.4 Å². The Labute approximate surface area is 124 Å². The lowest BCUT2D eigenvalue weighted by Crippen LogP contribution is -2.29. The van der Waals surface area contributed by atoms with Gasteiger partial charge < -0.3 is 10.2 Å². The van der Waals surface area contributed by atoms with Crippen molar-refractivity contribution in [1.29, 1.82) is 0 Å². The van der Waals surface area contributed by atoms with Crippen molar-refractivity contribution < 1.29 is 0 Å². The van der Waals surface area contributed by atoms with Gasteiger partial charge in [-0.05, 0) is 32.4 Å². The number of anilines is 3. The number of aromatic nitrogens is 3. The summed E-state index contributed by atoms with van der Waals surface area (Å²) in [5.74, 6) is 2.06. The first-order chi connectivity index (χ1) is 10.2. The Balaban J connectivity index is 1.83. The van der Waals surface area contributed by atoms with E-state index in [9.17, 15) is 0 Å². The number of nitrogens with zero attached hydrogens (tertiary/aromatic N) is 4. The summed E-state index contributed by atoms with van der Waals surface area (Å²) in [5.41, 5.74) is 2.21. The highest BCUT2D eigenvalue weighted by atomic mass is 15.3. The van der Waals surface area contributed by atoms with E-state index < -0.39 is 0 Å². The Morgan fingerprint density at radius 1 is 1.00 bits per heavy atom. The third-order valence-corrected chi connectivity index (χ3v) is 3.38. The third-order valence-electron chi connectivity index (χ3n) is 3.38. The first-order valence-electron chi connectivity index (χ1n) is 7.17. The smallest absolute Gasteiger partial charge is 0.232 e. The number of rotatable bonds is 3. The molecule has 0 saturated carbocycles. The van der Waals surface area contributed by atoms with Gasteiger partial charge in [0, 0.05) is 18.8 Å². The second-order valence-electron chi connectivity index (χ2n) is 5.20. The van der Waals surface area contributed by atoms with Crippen LogP contribution in [0.2, 0.25) is 0 Å². The number of benzene rings is 1. The molecule has 1 N–H and O–H groups in total. The van der Waals surface area contributed by atoms with Gasteiger partial charge in [-0.1, -0.05) is 29.8 Å². The molecule has 1 aromatic heterocycles. The average molecular weight is 281 g/mol. The van der Waals surface area contributed by atoms with Crippen molar-refractivity contribution in [1.82, 2.24) is 15.0 Å². The molecule has 2 aromatic rings. The van der Waals surface area contributed by atoms with E-state index in [-0.39, 0.29) is 0 Å². The lowest BCUT2D eigenvalue weighted by molar-refractivity contribution is 0.775. The lowest BCUT2D eigenvalue weighted by atomic mass is 10.2. The number of hydrogen-bond donors (Lipinski definition) is 1. The van der Waals surface area contributed by atoms with Gasteiger partial charge in [-0.25, -0.2) is 0 Å². The molecule has 1 aliphatic heterocycles. The van der Waals surface area contributed by atoms with Gasteiger partial charge in [-0.15, -0.1) is 0 Å². The van der Waals surface area contributed by atoms with Crippen LogP contribution in [-0.2, 0) is 0 Å². The molecule has 2 heterocycles. The maximum atomic E-state index is 4.53.